The highest BCUT2D eigenvalue weighted by Gasteiger charge is 2.36. The zero-order valence-electron chi connectivity index (χ0n) is 21.1. The number of nitriles is 1. The molecule has 0 spiro atoms. The van der Waals surface area contributed by atoms with Crippen LogP contribution in [0.2, 0.25) is 0 Å². The second kappa shape index (κ2) is 10.9. The van der Waals surface area contributed by atoms with Crippen molar-refractivity contribution in [3.8, 4) is 6.07 Å². The van der Waals surface area contributed by atoms with Crippen LogP contribution in [0.5, 0.6) is 0 Å². The van der Waals surface area contributed by atoms with Crippen LogP contribution in [0.1, 0.15) is 58.9 Å². The summed E-state index contributed by atoms with van der Waals surface area (Å²) in [5.41, 5.74) is 1.87. The number of fused-ring (bicyclic) bond motifs is 1. The maximum atomic E-state index is 10.2. The van der Waals surface area contributed by atoms with E-state index in [2.05, 4.69) is 92.1 Å². The number of thiazole rings is 1. The molecule has 0 amide bonds. The van der Waals surface area contributed by atoms with Crippen LogP contribution in [0, 0.1) is 17.2 Å². The van der Waals surface area contributed by atoms with E-state index in [0.717, 1.165) is 48.7 Å². The van der Waals surface area contributed by atoms with Gasteiger partial charge in [-0.3, -0.25) is 0 Å². The number of hydrogen-bond donors (Lipinski definition) is 0. The number of piperidine rings is 1. The van der Waals surface area contributed by atoms with Gasteiger partial charge >= 0.3 is 0 Å². The predicted octanol–water partition coefficient (Wildman–Crippen LogP) is 6.87. The van der Waals surface area contributed by atoms with Gasteiger partial charge in [0.1, 0.15) is 0 Å². The van der Waals surface area contributed by atoms with E-state index >= 15 is 0 Å². The van der Waals surface area contributed by atoms with Crippen molar-refractivity contribution >= 4 is 26.7 Å². The van der Waals surface area contributed by atoms with Gasteiger partial charge < -0.3 is 9.80 Å². The largest absolute Gasteiger partial charge is 0.343 e. The number of para-hydroxylation sites is 1. The van der Waals surface area contributed by atoms with Crippen molar-refractivity contribution < 1.29 is 0 Å². The molecule has 1 aliphatic heterocycles. The number of benzene rings is 2. The molecule has 3 aromatic rings. The first-order chi connectivity index (χ1) is 16.4. The maximum absolute atomic E-state index is 10.2. The van der Waals surface area contributed by atoms with Crippen LogP contribution in [-0.2, 0) is 5.41 Å². The number of rotatable bonds is 9. The molecule has 180 valence electrons. The van der Waals surface area contributed by atoms with Crippen LogP contribution in [0.3, 0.4) is 0 Å². The van der Waals surface area contributed by atoms with E-state index in [0.29, 0.717) is 18.0 Å². The van der Waals surface area contributed by atoms with Gasteiger partial charge in [0.2, 0.25) is 0 Å². The van der Waals surface area contributed by atoms with E-state index in [-0.39, 0.29) is 0 Å². The lowest BCUT2D eigenvalue weighted by Crippen LogP contribution is -2.48. The summed E-state index contributed by atoms with van der Waals surface area (Å²) in [4.78, 5) is 10.1. The fourth-order valence-electron chi connectivity index (χ4n) is 5.52. The van der Waals surface area contributed by atoms with Gasteiger partial charge in [0.15, 0.2) is 5.13 Å². The van der Waals surface area contributed by atoms with E-state index in [1.54, 1.807) is 0 Å². The lowest BCUT2D eigenvalue weighted by atomic mass is 9.70. The number of likely N-dealkylation sites (tertiary alicyclic amines) is 1. The van der Waals surface area contributed by atoms with Crippen molar-refractivity contribution in [2.24, 2.45) is 5.92 Å². The molecule has 0 N–H and O–H groups in total. The highest BCUT2D eigenvalue weighted by molar-refractivity contribution is 7.22. The SMILES string of the molecule is CC(C)N(c1nc2ccccc2s1)C1CCN(CCCC(C#N)(c2ccccc2)C(C)C)CC1. The Kier molecular flexibility index (Phi) is 7.91. The third kappa shape index (κ3) is 5.14. The second-order valence-electron chi connectivity index (χ2n) is 10.2. The van der Waals surface area contributed by atoms with Gasteiger partial charge in [-0.15, -0.1) is 0 Å². The Morgan fingerprint density at radius 3 is 2.35 bits per heavy atom. The van der Waals surface area contributed by atoms with Gasteiger partial charge in [-0.25, -0.2) is 4.98 Å². The van der Waals surface area contributed by atoms with E-state index in [1.165, 1.54) is 17.5 Å². The topological polar surface area (TPSA) is 43.2 Å². The molecule has 2 aromatic carbocycles. The quantitative estimate of drug-likeness (QED) is 0.339. The van der Waals surface area contributed by atoms with Crippen LogP contribution in [0.15, 0.2) is 54.6 Å². The Hall–Kier alpha value is -2.42. The molecule has 4 rings (SSSR count). The zero-order valence-corrected chi connectivity index (χ0v) is 21.9. The molecule has 1 aliphatic rings. The number of anilines is 1. The van der Waals surface area contributed by atoms with Crippen LogP contribution < -0.4 is 4.90 Å². The second-order valence-corrected chi connectivity index (χ2v) is 11.3. The van der Waals surface area contributed by atoms with Crippen molar-refractivity contribution in [1.29, 1.82) is 5.26 Å². The monoisotopic (exact) mass is 474 g/mol. The molecule has 34 heavy (non-hydrogen) atoms. The summed E-state index contributed by atoms with van der Waals surface area (Å²) in [6, 6.07) is 22.5. The van der Waals surface area contributed by atoms with Crippen molar-refractivity contribution in [3.63, 3.8) is 0 Å². The minimum absolute atomic E-state index is 0.291. The fraction of sp³-hybridized carbons (Fsp3) is 0.517. The normalized spacial score (nSPS) is 17.2. The number of aromatic nitrogens is 1. The van der Waals surface area contributed by atoms with Gasteiger partial charge in [-0.1, -0.05) is 67.6 Å². The van der Waals surface area contributed by atoms with Crippen LogP contribution >= 0.6 is 11.3 Å². The van der Waals surface area contributed by atoms with Crippen molar-refractivity contribution in [2.45, 2.75) is 70.9 Å². The lowest BCUT2D eigenvalue weighted by molar-refractivity contribution is 0.196. The molecule has 2 heterocycles. The Labute approximate surface area is 209 Å². The average Bonchev–Trinajstić information content (AvgIpc) is 3.26. The summed E-state index contributed by atoms with van der Waals surface area (Å²) >= 11 is 1.82. The Balaban J connectivity index is 1.35. The first-order valence-electron chi connectivity index (χ1n) is 12.8. The van der Waals surface area contributed by atoms with Gasteiger partial charge in [0.25, 0.3) is 0 Å². The van der Waals surface area contributed by atoms with Gasteiger partial charge in [0.05, 0.1) is 21.7 Å². The van der Waals surface area contributed by atoms with Crippen molar-refractivity contribution in [1.82, 2.24) is 9.88 Å². The maximum Gasteiger partial charge on any atom is 0.186 e. The number of nitrogens with zero attached hydrogens (tertiary/aromatic N) is 4. The molecular formula is C29H38N4S. The molecule has 5 heteroatoms. The predicted molar refractivity (Wildman–Crippen MR) is 145 cm³/mol. The molecule has 1 unspecified atom stereocenters. The fourth-order valence-corrected chi connectivity index (χ4v) is 6.69. The van der Waals surface area contributed by atoms with E-state index in [4.69, 9.17) is 4.98 Å². The highest BCUT2D eigenvalue weighted by atomic mass is 32.1. The van der Waals surface area contributed by atoms with Crippen molar-refractivity contribution in [3.05, 3.63) is 60.2 Å². The third-order valence-electron chi connectivity index (χ3n) is 7.53. The zero-order chi connectivity index (χ0) is 24.1. The molecule has 0 aliphatic carbocycles. The highest BCUT2D eigenvalue weighted by Crippen LogP contribution is 2.37. The summed E-state index contributed by atoms with van der Waals surface area (Å²) < 4.78 is 1.27. The van der Waals surface area contributed by atoms with Gasteiger partial charge in [-0.2, -0.15) is 5.26 Å². The van der Waals surface area contributed by atoms with Crippen molar-refractivity contribution in [2.75, 3.05) is 24.5 Å². The van der Waals surface area contributed by atoms with E-state index in [1.807, 2.05) is 17.4 Å². The summed E-state index contributed by atoms with van der Waals surface area (Å²) in [5.74, 6) is 0.291. The van der Waals surface area contributed by atoms with Crippen LogP contribution in [-0.4, -0.2) is 41.6 Å². The summed E-state index contributed by atoms with van der Waals surface area (Å²) in [7, 11) is 0. The summed E-state index contributed by atoms with van der Waals surface area (Å²) in [5, 5.41) is 11.3. The Bertz CT molecular complexity index is 1060. The van der Waals surface area contributed by atoms with Crippen LogP contribution in [0.25, 0.3) is 10.2 Å². The first-order valence-corrected chi connectivity index (χ1v) is 13.6. The van der Waals surface area contributed by atoms with Gasteiger partial charge in [-0.05, 0) is 69.7 Å². The van der Waals surface area contributed by atoms with Gasteiger partial charge in [0, 0.05) is 25.2 Å². The molecule has 1 saturated heterocycles. The average molecular weight is 475 g/mol. The molecular weight excluding hydrogens is 436 g/mol. The van der Waals surface area contributed by atoms with E-state index < -0.39 is 5.41 Å². The molecule has 4 nitrogen and oxygen atoms in total. The minimum atomic E-state index is -0.402. The first kappa shape index (κ1) is 24.7. The smallest absolute Gasteiger partial charge is 0.186 e. The molecule has 1 aromatic heterocycles. The third-order valence-corrected chi connectivity index (χ3v) is 8.58. The summed E-state index contributed by atoms with van der Waals surface area (Å²) in [6.07, 6.45) is 4.30. The minimum Gasteiger partial charge on any atom is -0.343 e. The van der Waals surface area contributed by atoms with Crippen LogP contribution in [0.4, 0.5) is 5.13 Å². The Morgan fingerprint density at radius 2 is 1.74 bits per heavy atom. The molecule has 1 atom stereocenters. The Morgan fingerprint density at radius 1 is 1.06 bits per heavy atom. The molecule has 0 saturated carbocycles. The van der Waals surface area contributed by atoms with E-state index in [9.17, 15) is 5.26 Å². The number of hydrogen-bond acceptors (Lipinski definition) is 5. The molecule has 1 fully saturated rings. The lowest BCUT2D eigenvalue weighted by Gasteiger charge is -2.41. The standard InChI is InChI=1S/C29H38N4S/c1-22(2)29(21-30,24-11-6-5-7-12-24)17-10-18-32-19-15-25(16-20-32)33(23(3)4)28-31-26-13-8-9-14-27(26)34-28/h5-9,11-14,22-23,25H,10,15-20H2,1-4H3. The molecule has 0 radical (unpaired) electrons. The molecule has 0 bridgehead atoms. The summed E-state index contributed by atoms with van der Waals surface area (Å²) in [6.45, 7) is 12.2.